The molecule has 0 saturated heterocycles. The van der Waals surface area contributed by atoms with Crippen molar-refractivity contribution in [3.8, 4) is 5.75 Å². The summed E-state index contributed by atoms with van der Waals surface area (Å²) in [6.45, 7) is 7.95. The highest BCUT2D eigenvalue weighted by atomic mass is 16.5. The van der Waals surface area contributed by atoms with Gasteiger partial charge in [-0.15, -0.1) is 0 Å². The van der Waals surface area contributed by atoms with E-state index >= 15 is 0 Å². The molecule has 0 saturated carbocycles. The Hall–Kier alpha value is -2.86. The van der Waals surface area contributed by atoms with Crippen molar-refractivity contribution >= 4 is 11.8 Å². The molecule has 0 radical (unpaired) electrons. The third kappa shape index (κ3) is 6.32. The molecule has 0 heterocycles. The molecule has 0 spiro atoms. The standard InChI is InChI=1S/C23H31N3O3/c1-5-26(6-2)15-14-24-22(27)20-13-12-19(16-21(20)29-4)23(28)25(3)17-18-10-8-7-9-11-18/h7-13,16H,5-6,14-15,17H2,1-4H3,(H,24,27). The second kappa shape index (κ2) is 11.2. The monoisotopic (exact) mass is 397 g/mol. The molecule has 29 heavy (non-hydrogen) atoms. The molecule has 2 aromatic carbocycles. The fraction of sp³-hybridized carbons (Fsp3) is 0.391. The van der Waals surface area contributed by atoms with Gasteiger partial charge in [-0.25, -0.2) is 0 Å². The third-order valence-electron chi connectivity index (χ3n) is 4.91. The number of amides is 2. The number of benzene rings is 2. The predicted molar refractivity (Wildman–Crippen MR) is 115 cm³/mol. The quantitative estimate of drug-likeness (QED) is 0.669. The van der Waals surface area contributed by atoms with Gasteiger partial charge in [0.05, 0.1) is 12.7 Å². The smallest absolute Gasteiger partial charge is 0.255 e. The molecule has 2 aromatic rings. The van der Waals surface area contributed by atoms with Gasteiger partial charge < -0.3 is 19.9 Å². The number of nitrogens with one attached hydrogen (secondary N) is 1. The van der Waals surface area contributed by atoms with Crippen molar-refractivity contribution in [2.75, 3.05) is 40.3 Å². The summed E-state index contributed by atoms with van der Waals surface area (Å²) < 4.78 is 5.38. The summed E-state index contributed by atoms with van der Waals surface area (Å²) >= 11 is 0. The van der Waals surface area contributed by atoms with Crippen molar-refractivity contribution in [1.82, 2.24) is 15.1 Å². The summed E-state index contributed by atoms with van der Waals surface area (Å²) in [6.07, 6.45) is 0. The van der Waals surface area contributed by atoms with E-state index in [0.717, 1.165) is 25.2 Å². The van der Waals surface area contributed by atoms with Crippen LogP contribution in [0.4, 0.5) is 0 Å². The van der Waals surface area contributed by atoms with Gasteiger partial charge in [0.15, 0.2) is 0 Å². The first-order valence-electron chi connectivity index (χ1n) is 9.98. The Bertz CT molecular complexity index is 804. The lowest BCUT2D eigenvalue weighted by Gasteiger charge is -2.19. The predicted octanol–water partition coefficient (Wildman–Crippen LogP) is 3.04. The van der Waals surface area contributed by atoms with E-state index in [0.29, 0.717) is 30.0 Å². The van der Waals surface area contributed by atoms with Crippen molar-refractivity contribution in [2.45, 2.75) is 20.4 Å². The molecule has 0 aliphatic heterocycles. The van der Waals surface area contributed by atoms with Crippen LogP contribution in [-0.2, 0) is 6.54 Å². The van der Waals surface area contributed by atoms with Gasteiger partial charge in [-0.05, 0) is 36.9 Å². The van der Waals surface area contributed by atoms with E-state index in [1.807, 2.05) is 30.3 Å². The van der Waals surface area contributed by atoms with Gasteiger partial charge in [-0.2, -0.15) is 0 Å². The molecule has 0 atom stereocenters. The van der Waals surface area contributed by atoms with Gasteiger partial charge in [0.25, 0.3) is 11.8 Å². The van der Waals surface area contributed by atoms with Crippen molar-refractivity contribution in [3.05, 3.63) is 65.2 Å². The SMILES string of the molecule is CCN(CC)CCNC(=O)c1ccc(C(=O)N(C)Cc2ccccc2)cc1OC. The molecule has 156 valence electrons. The Labute approximate surface area is 173 Å². The number of carbonyl (C=O) groups is 2. The maximum Gasteiger partial charge on any atom is 0.255 e. The van der Waals surface area contributed by atoms with E-state index in [-0.39, 0.29) is 11.8 Å². The van der Waals surface area contributed by atoms with Crippen molar-refractivity contribution in [2.24, 2.45) is 0 Å². The minimum atomic E-state index is -0.203. The van der Waals surface area contributed by atoms with Crippen LogP contribution in [0, 0.1) is 0 Å². The van der Waals surface area contributed by atoms with Gasteiger partial charge in [-0.3, -0.25) is 9.59 Å². The Kier molecular flexibility index (Phi) is 8.68. The maximum atomic E-state index is 12.8. The second-order valence-corrected chi connectivity index (χ2v) is 6.84. The summed E-state index contributed by atoms with van der Waals surface area (Å²) in [5.74, 6) is 0.0654. The van der Waals surface area contributed by atoms with Crippen LogP contribution in [0.3, 0.4) is 0 Å². The number of nitrogens with zero attached hydrogens (tertiary/aromatic N) is 2. The van der Waals surface area contributed by atoms with Gasteiger partial charge in [0, 0.05) is 32.2 Å². The molecule has 2 rings (SSSR count). The molecule has 1 N–H and O–H groups in total. The lowest BCUT2D eigenvalue weighted by Crippen LogP contribution is -2.35. The number of carbonyl (C=O) groups excluding carboxylic acids is 2. The van der Waals surface area contributed by atoms with Crippen LogP contribution in [0.5, 0.6) is 5.75 Å². The first kappa shape index (κ1) is 22.4. The largest absolute Gasteiger partial charge is 0.496 e. The lowest BCUT2D eigenvalue weighted by molar-refractivity contribution is 0.0783. The average Bonchev–Trinajstić information content (AvgIpc) is 2.76. The fourth-order valence-corrected chi connectivity index (χ4v) is 3.12. The third-order valence-corrected chi connectivity index (χ3v) is 4.91. The van der Waals surface area contributed by atoms with Crippen molar-refractivity contribution in [1.29, 1.82) is 0 Å². The minimum absolute atomic E-state index is 0.124. The van der Waals surface area contributed by atoms with Crippen LogP contribution >= 0.6 is 0 Å². The summed E-state index contributed by atoms with van der Waals surface area (Å²) in [5.41, 5.74) is 1.97. The minimum Gasteiger partial charge on any atom is -0.496 e. The van der Waals surface area contributed by atoms with Crippen molar-refractivity contribution in [3.63, 3.8) is 0 Å². The zero-order valence-electron chi connectivity index (χ0n) is 17.8. The average molecular weight is 398 g/mol. The highest BCUT2D eigenvalue weighted by molar-refractivity contribution is 6.00. The van der Waals surface area contributed by atoms with Crippen molar-refractivity contribution < 1.29 is 14.3 Å². The van der Waals surface area contributed by atoms with Gasteiger partial charge in [0.1, 0.15) is 5.75 Å². The van der Waals surface area contributed by atoms with E-state index in [1.165, 1.54) is 7.11 Å². The highest BCUT2D eigenvalue weighted by Gasteiger charge is 2.18. The molecular formula is C23H31N3O3. The molecule has 0 bridgehead atoms. The van der Waals surface area contributed by atoms with E-state index in [4.69, 9.17) is 4.74 Å². The molecule has 0 fully saturated rings. The number of hydrogen-bond donors (Lipinski definition) is 1. The van der Waals surface area contributed by atoms with Gasteiger partial charge in [-0.1, -0.05) is 44.2 Å². The Morgan fingerprint density at radius 3 is 2.34 bits per heavy atom. The first-order valence-corrected chi connectivity index (χ1v) is 9.98. The normalized spacial score (nSPS) is 10.7. The molecule has 6 nitrogen and oxygen atoms in total. The van der Waals surface area contributed by atoms with E-state index in [1.54, 1.807) is 30.1 Å². The molecule has 0 aromatic heterocycles. The van der Waals surface area contributed by atoms with Gasteiger partial charge in [0.2, 0.25) is 0 Å². The van der Waals surface area contributed by atoms with Crippen LogP contribution in [-0.4, -0.2) is 62.0 Å². The summed E-state index contributed by atoms with van der Waals surface area (Å²) in [6, 6.07) is 14.8. The van der Waals surface area contributed by atoms with Crippen LogP contribution in [0.15, 0.2) is 48.5 Å². The number of rotatable bonds is 10. The lowest BCUT2D eigenvalue weighted by atomic mass is 10.1. The zero-order valence-corrected chi connectivity index (χ0v) is 17.8. The Balaban J connectivity index is 2.05. The van der Waals surface area contributed by atoms with Crippen LogP contribution in [0.1, 0.15) is 40.1 Å². The van der Waals surface area contributed by atoms with E-state index in [2.05, 4.69) is 24.1 Å². The van der Waals surface area contributed by atoms with Crippen LogP contribution in [0.25, 0.3) is 0 Å². The van der Waals surface area contributed by atoms with E-state index in [9.17, 15) is 9.59 Å². The maximum absolute atomic E-state index is 12.8. The summed E-state index contributed by atoms with van der Waals surface area (Å²) in [5, 5.41) is 2.92. The number of likely N-dealkylation sites (N-methyl/N-ethyl adjacent to an activating group) is 1. The Morgan fingerprint density at radius 2 is 1.72 bits per heavy atom. The molecule has 0 unspecified atom stereocenters. The second-order valence-electron chi connectivity index (χ2n) is 6.84. The number of ether oxygens (including phenoxy) is 1. The van der Waals surface area contributed by atoms with Crippen LogP contribution < -0.4 is 10.1 Å². The number of methoxy groups -OCH3 is 1. The molecular weight excluding hydrogens is 366 g/mol. The summed E-state index contributed by atoms with van der Waals surface area (Å²) in [4.78, 5) is 29.2. The Morgan fingerprint density at radius 1 is 1.03 bits per heavy atom. The molecule has 0 aliphatic rings. The highest BCUT2D eigenvalue weighted by Crippen LogP contribution is 2.21. The van der Waals surface area contributed by atoms with Crippen LogP contribution in [0.2, 0.25) is 0 Å². The molecule has 2 amide bonds. The fourth-order valence-electron chi connectivity index (χ4n) is 3.12. The molecule has 6 heteroatoms. The topological polar surface area (TPSA) is 61.9 Å². The van der Waals surface area contributed by atoms with E-state index < -0.39 is 0 Å². The summed E-state index contributed by atoms with van der Waals surface area (Å²) in [7, 11) is 3.26. The molecule has 0 aliphatic carbocycles. The number of hydrogen-bond acceptors (Lipinski definition) is 4. The zero-order chi connectivity index (χ0) is 21.2. The first-order chi connectivity index (χ1) is 14.0. The van der Waals surface area contributed by atoms with Gasteiger partial charge >= 0.3 is 0 Å².